The molecular weight excluding hydrogens is 270 g/mol. The number of benzene rings is 1. The molecule has 0 fully saturated rings. The Labute approximate surface area is 122 Å². The first-order valence-electron chi connectivity index (χ1n) is 7.09. The molecule has 1 aromatic carbocycles. The maximum absolute atomic E-state index is 5.67. The minimum atomic E-state index is 0.601. The van der Waals surface area contributed by atoms with Gasteiger partial charge in [0, 0.05) is 11.1 Å². The molecule has 6 nitrogen and oxygen atoms in total. The number of rotatable bonds is 3. The Morgan fingerprint density at radius 1 is 0.667 bits per heavy atom. The van der Waals surface area contributed by atoms with Gasteiger partial charge < -0.3 is 14.2 Å². The minimum absolute atomic E-state index is 0.601. The maximum Gasteiger partial charge on any atom is 0.217 e. The van der Waals surface area contributed by atoms with Crippen molar-refractivity contribution in [2.45, 2.75) is 0 Å². The normalized spacial score (nSPS) is 20.3. The number of ether oxygens (including phenoxy) is 3. The molecule has 0 bridgehead atoms. The van der Waals surface area contributed by atoms with Gasteiger partial charge in [0.15, 0.2) is 0 Å². The van der Waals surface area contributed by atoms with Gasteiger partial charge in [-0.3, -0.25) is 0 Å². The van der Waals surface area contributed by atoms with E-state index in [0.29, 0.717) is 57.1 Å². The van der Waals surface area contributed by atoms with E-state index in [0.717, 1.165) is 16.7 Å². The fraction of sp³-hybridized carbons (Fsp3) is 0.400. The molecule has 3 aliphatic heterocycles. The molecule has 108 valence electrons. The lowest BCUT2D eigenvalue weighted by Crippen LogP contribution is -2.17. The summed E-state index contributed by atoms with van der Waals surface area (Å²) in [6.07, 6.45) is 0. The molecule has 0 saturated carbocycles. The number of hydrogen-bond acceptors (Lipinski definition) is 6. The van der Waals surface area contributed by atoms with Crippen LogP contribution in [0, 0.1) is 0 Å². The highest BCUT2D eigenvalue weighted by molar-refractivity contribution is 6.14. The van der Waals surface area contributed by atoms with E-state index in [-0.39, 0.29) is 0 Å². The van der Waals surface area contributed by atoms with Crippen LogP contribution in [0.15, 0.2) is 33.2 Å². The number of aliphatic imine (C=N–C) groups is 3. The quantitative estimate of drug-likeness (QED) is 0.832. The van der Waals surface area contributed by atoms with Crippen LogP contribution in [0.4, 0.5) is 0 Å². The molecule has 0 saturated heterocycles. The zero-order chi connectivity index (χ0) is 14.1. The Balaban J connectivity index is 1.88. The van der Waals surface area contributed by atoms with Crippen LogP contribution in [0.25, 0.3) is 0 Å². The summed E-state index contributed by atoms with van der Waals surface area (Å²) in [5.41, 5.74) is 2.66. The van der Waals surface area contributed by atoms with Crippen LogP contribution in [-0.2, 0) is 14.2 Å². The van der Waals surface area contributed by atoms with Crippen molar-refractivity contribution in [3.05, 3.63) is 34.9 Å². The van der Waals surface area contributed by atoms with Crippen molar-refractivity contribution in [2.24, 2.45) is 15.0 Å². The van der Waals surface area contributed by atoms with E-state index in [1.165, 1.54) is 0 Å². The highest BCUT2D eigenvalue weighted by atomic mass is 16.5. The van der Waals surface area contributed by atoms with Crippen LogP contribution < -0.4 is 0 Å². The maximum atomic E-state index is 5.67. The Kier molecular flexibility index (Phi) is 3.06. The van der Waals surface area contributed by atoms with Gasteiger partial charge in [-0.05, 0) is 12.1 Å². The molecule has 4 rings (SSSR count). The standard InChI is InChI=1S/C15H15N3O3/c1-2-10(13-16-4-7-19-13)12(15-18-6-9-21-15)11(3-1)14-17-5-8-20-14/h1-3H,4-9H2. The van der Waals surface area contributed by atoms with E-state index >= 15 is 0 Å². The average molecular weight is 285 g/mol. The lowest BCUT2D eigenvalue weighted by molar-refractivity contribution is 0.342. The van der Waals surface area contributed by atoms with Gasteiger partial charge >= 0.3 is 0 Å². The second kappa shape index (κ2) is 5.20. The van der Waals surface area contributed by atoms with Gasteiger partial charge in [-0.2, -0.15) is 0 Å². The van der Waals surface area contributed by atoms with Crippen LogP contribution in [0.3, 0.4) is 0 Å². The molecule has 0 aliphatic carbocycles. The van der Waals surface area contributed by atoms with Gasteiger partial charge in [0.2, 0.25) is 17.7 Å². The molecule has 3 heterocycles. The first-order valence-corrected chi connectivity index (χ1v) is 7.09. The van der Waals surface area contributed by atoms with Crippen LogP contribution in [0.5, 0.6) is 0 Å². The zero-order valence-corrected chi connectivity index (χ0v) is 11.5. The fourth-order valence-corrected chi connectivity index (χ4v) is 2.62. The van der Waals surface area contributed by atoms with Crippen LogP contribution in [-0.4, -0.2) is 57.1 Å². The van der Waals surface area contributed by atoms with Gasteiger partial charge in [-0.1, -0.05) is 6.07 Å². The summed E-state index contributed by atoms with van der Waals surface area (Å²) in [6, 6.07) is 5.91. The van der Waals surface area contributed by atoms with Crippen molar-refractivity contribution >= 4 is 17.7 Å². The molecule has 1 aromatic rings. The first-order chi connectivity index (χ1) is 10.4. The Morgan fingerprint density at radius 2 is 1.14 bits per heavy atom. The predicted octanol–water partition coefficient (Wildman–Crippen LogP) is 1.02. The smallest absolute Gasteiger partial charge is 0.217 e. The summed E-state index contributed by atoms with van der Waals surface area (Å²) in [7, 11) is 0. The third-order valence-corrected chi connectivity index (χ3v) is 3.50. The summed E-state index contributed by atoms with van der Waals surface area (Å²) in [4.78, 5) is 13.3. The fourth-order valence-electron chi connectivity index (χ4n) is 2.62. The molecule has 3 aliphatic rings. The highest BCUT2D eigenvalue weighted by Crippen LogP contribution is 2.23. The summed E-state index contributed by atoms with van der Waals surface area (Å²) >= 11 is 0. The molecular formula is C15H15N3O3. The van der Waals surface area contributed by atoms with Crippen LogP contribution in [0.2, 0.25) is 0 Å². The number of hydrogen-bond donors (Lipinski definition) is 0. The van der Waals surface area contributed by atoms with E-state index in [2.05, 4.69) is 15.0 Å². The van der Waals surface area contributed by atoms with E-state index in [1.54, 1.807) is 0 Å². The summed E-state index contributed by atoms with van der Waals surface area (Å²) in [5, 5.41) is 0. The monoisotopic (exact) mass is 285 g/mol. The SMILES string of the molecule is c1cc(C2=NCCO2)c(C2=NCCO2)c(C2=NCCO2)c1. The first kappa shape index (κ1) is 12.4. The summed E-state index contributed by atoms with van der Waals surface area (Å²) in [5.74, 6) is 1.91. The van der Waals surface area contributed by atoms with Crippen LogP contribution in [0.1, 0.15) is 16.7 Å². The van der Waals surface area contributed by atoms with E-state index in [1.807, 2.05) is 18.2 Å². The number of nitrogens with zero attached hydrogens (tertiary/aromatic N) is 3. The van der Waals surface area contributed by atoms with Crippen molar-refractivity contribution in [3.8, 4) is 0 Å². The molecule has 0 radical (unpaired) electrons. The largest absolute Gasteiger partial charge is 0.475 e. The molecule has 21 heavy (non-hydrogen) atoms. The van der Waals surface area contributed by atoms with Crippen molar-refractivity contribution in [2.75, 3.05) is 39.5 Å². The third-order valence-electron chi connectivity index (χ3n) is 3.50. The van der Waals surface area contributed by atoms with Gasteiger partial charge in [0.05, 0.1) is 25.2 Å². The van der Waals surface area contributed by atoms with Crippen molar-refractivity contribution in [1.82, 2.24) is 0 Å². The average Bonchev–Trinajstić information content (AvgIpc) is 3.28. The van der Waals surface area contributed by atoms with Crippen molar-refractivity contribution < 1.29 is 14.2 Å². The Hall–Kier alpha value is -2.37. The second-order valence-electron chi connectivity index (χ2n) is 4.83. The lowest BCUT2D eigenvalue weighted by atomic mass is 10.00. The zero-order valence-electron chi connectivity index (χ0n) is 11.5. The van der Waals surface area contributed by atoms with Crippen molar-refractivity contribution in [3.63, 3.8) is 0 Å². The highest BCUT2D eigenvalue weighted by Gasteiger charge is 2.27. The van der Waals surface area contributed by atoms with Gasteiger partial charge in [0.25, 0.3) is 0 Å². The van der Waals surface area contributed by atoms with E-state index in [9.17, 15) is 0 Å². The van der Waals surface area contributed by atoms with E-state index in [4.69, 9.17) is 14.2 Å². The van der Waals surface area contributed by atoms with Gasteiger partial charge in [-0.25, -0.2) is 15.0 Å². The molecule has 0 N–H and O–H groups in total. The Morgan fingerprint density at radius 3 is 1.57 bits per heavy atom. The predicted molar refractivity (Wildman–Crippen MR) is 78.5 cm³/mol. The molecule has 0 aromatic heterocycles. The molecule has 0 unspecified atom stereocenters. The minimum Gasteiger partial charge on any atom is -0.475 e. The second-order valence-corrected chi connectivity index (χ2v) is 4.83. The van der Waals surface area contributed by atoms with Gasteiger partial charge in [0.1, 0.15) is 19.8 Å². The Bertz CT molecular complexity index is 622. The van der Waals surface area contributed by atoms with Crippen molar-refractivity contribution in [1.29, 1.82) is 0 Å². The third kappa shape index (κ3) is 2.16. The molecule has 0 spiro atoms. The molecule has 6 heteroatoms. The summed E-state index contributed by atoms with van der Waals surface area (Å²) < 4.78 is 16.9. The topological polar surface area (TPSA) is 64.8 Å². The molecule has 0 amide bonds. The van der Waals surface area contributed by atoms with Gasteiger partial charge in [-0.15, -0.1) is 0 Å². The molecule has 0 atom stereocenters. The summed E-state index contributed by atoms with van der Waals surface area (Å²) in [6.45, 7) is 3.87. The van der Waals surface area contributed by atoms with Crippen LogP contribution >= 0.6 is 0 Å². The lowest BCUT2D eigenvalue weighted by Gasteiger charge is -2.14. The van der Waals surface area contributed by atoms with E-state index < -0.39 is 0 Å².